The minimum absolute atomic E-state index is 0.385. The first-order chi connectivity index (χ1) is 6.15. The molecule has 2 N–H and O–H groups in total. The Labute approximate surface area is 72.8 Å². The minimum Gasteiger partial charge on any atom is -0.323 e. The van der Waals surface area contributed by atoms with Crippen molar-refractivity contribution >= 4 is 11.9 Å². The maximum Gasteiger partial charge on any atom is 0.305 e. The first-order valence-corrected chi connectivity index (χ1v) is 3.32. The lowest BCUT2D eigenvalue weighted by Gasteiger charge is -1.94. The molecule has 0 saturated carbocycles. The molecule has 0 spiro atoms. The third-order valence-corrected chi connectivity index (χ3v) is 1.39. The van der Waals surface area contributed by atoms with Crippen molar-refractivity contribution in [3.05, 3.63) is 39.7 Å². The standard InChI is InChI=1S/C7H6FN3O2/c8-6-2-1-5(4-10-9)3-7(6)11(12)13/h1-4H,9H2/b10-4+. The molecule has 0 aliphatic rings. The zero-order valence-corrected chi connectivity index (χ0v) is 6.48. The monoisotopic (exact) mass is 183 g/mol. The van der Waals surface area contributed by atoms with Crippen molar-refractivity contribution in [1.82, 2.24) is 0 Å². The van der Waals surface area contributed by atoms with Crippen molar-refractivity contribution in [3.8, 4) is 0 Å². The van der Waals surface area contributed by atoms with E-state index in [9.17, 15) is 14.5 Å². The Balaban J connectivity index is 3.18. The molecule has 0 amide bonds. The second-order valence-electron chi connectivity index (χ2n) is 2.25. The highest BCUT2D eigenvalue weighted by atomic mass is 19.1. The fraction of sp³-hybridized carbons (Fsp3) is 0. The number of benzene rings is 1. The van der Waals surface area contributed by atoms with Crippen LogP contribution >= 0.6 is 0 Å². The maximum absolute atomic E-state index is 12.7. The lowest BCUT2D eigenvalue weighted by atomic mass is 10.2. The highest BCUT2D eigenvalue weighted by molar-refractivity contribution is 5.80. The summed E-state index contributed by atoms with van der Waals surface area (Å²) < 4.78 is 12.7. The summed E-state index contributed by atoms with van der Waals surface area (Å²) in [5.74, 6) is 3.95. The molecular weight excluding hydrogens is 177 g/mol. The number of nitrogens with two attached hydrogens (primary N) is 1. The number of hydrazone groups is 1. The molecule has 0 atom stereocenters. The molecule has 0 aliphatic heterocycles. The molecule has 1 aromatic carbocycles. The van der Waals surface area contributed by atoms with Crippen LogP contribution in [0.4, 0.5) is 10.1 Å². The van der Waals surface area contributed by atoms with E-state index in [0.717, 1.165) is 12.1 Å². The molecule has 1 rings (SSSR count). The van der Waals surface area contributed by atoms with Crippen molar-refractivity contribution < 1.29 is 9.31 Å². The molecule has 0 aromatic heterocycles. The van der Waals surface area contributed by atoms with Crippen LogP contribution in [-0.2, 0) is 0 Å². The summed E-state index contributed by atoms with van der Waals surface area (Å²) in [5, 5.41) is 13.4. The molecule has 68 valence electrons. The number of halogens is 1. The third-order valence-electron chi connectivity index (χ3n) is 1.39. The molecule has 0 aliphatic carbocycles. The number of hydrogen-bond donors (Lipinski definition) is 1. The Kier molecular flexibility index (Phi) is 2.53. The Morgan fingerprint density at radius 3 is 2.85 bits per heavy atom. The van der Waals surface area contributed by atoms with Gasteiger partial charge in [-0.1, -0.05) is 0 Å². The molecule has 5 nitrogen and oxygen atoms in total. The van der Waals surface area contributed by atoms with Crippen LogP contribution in [0.25, 0.3) is 0 Å². The zero-order chi connectivity index (χ0) is 9.84. The normalized spacial score (nSPS) is 10.5. The summed E-state index contributed by atoms with van der Waals surface area (Å²) in [6.07, 6.45) is 1.20. The maximum atomic E-state index is 12.7. The lowest BCUT2D eigenvalue weighted by Crippen LogP contribution is -1.94. The Morgan fingerprint density at radius 2 is 2.31 bits per heavy atom. The predicted octanol–water partition coefficient (Wildman–Crippen LogP) is 1.03. The van der Waals surface area contributed by atoms with E-state index in [4.69, 9.17) is 5.84 Å². The van der Waals surface area contributed by atoms with Crippen molar-refractivity contribution in [2.45, 2.75) is 0 Å². The molecule has 6 heteroatoms. The van der Waals surface area contributed by atoms with E-state index in [0.29, 0.717) is 5.56 Å². The number of nitrogens with zero attached hydrogens (tertiary/aromatic N) is 2. The summed E-state index contributed by atoms with van der Waals surface area (Å²) >= 11 is 0. The van der Waals surface area contributed by atoms with Gasteiger partial charge in [0.15, 0.2) is 0 Å². The van der Waals surface area contributed by atoms with E-state index in [1.807, 2.05) is 0 Å². The van der Waals surface area contributed by atoms with Crippen LogP contribution in [0.5, 0.6) is 0 Å². The summed E-state index contributed by atoms with van der Waals surface area (Å²) in [5.41, 5.74) is -0.201. The quantitative estimate of drug-likeness (QED) is 0.321. The zero-order valence-electron chi connectivity index (χ0n) is 6.48. The van der Waals surface area contributed by atoms with Gasteiger partial charge in [-0.3, -0.25) is 10.1 Å². The van der Waals surface area contributed by atoms with Gasteiger partial charge in [0.2, 0.25) is 5.82 Å². The van der Waals surface area contributed by atoms with Gasteiger partial charge >= 0.3 is 5.69 Å². The summed E-state index contributed by atoms with van der Waals surface area (Å²) in [7, 11) is 0. The van der Waals surface area contributed by atoms with Crippen LogP contribution in [-0.4, -0.2) is 11.1 Å². The van der Waals surface area contributed by atoms with E-state index in [-0.39, 0.29) is 0 Å². The second-order valence-corrected chi connectivity index (χ2v) is 2.25. The van der Waals surface area contributed by atoms with Crippen molar-refractivity contribution in [1.29, 1.82) is 0 Å². The van der Waals surface area contributed by atoms with E-state index >= 15 is 0 Å². The van der Waals surface area contributed by atoms with Crippen LogP contribution < -0.4 is 5.84 Å². The smallest absolute Gasteiger partial charge is 0.305 e. The molecule has 0 heterocycles. The highest BCUT2D eigenvalue weighted by Gasteiger charge is 2.13. The molecule has 0 bridgehead atoms. The van der Waals surface area contributed by atoms with Gasteiger partial charge < -0.3 is 5.84 Å². The van der Waals surface area contributed by atoms with E-state index in [1.54, 1.807) is 0 Å². The van der Waals surface area contributed by atoms with E-state index in [2.05, 4.69) is 5.10 Å². The molecular formula is C7H6FN3O2. The first kappa shape index (κ1) is 9.11. The van der Waals surface area contributed by atoms with Gasteiger partial charge in [-0.05, 0) is 12.1 Å². The molecule has 0 radical (unpaired) electrons. The Morgan fingerprint density at radius 1 is 1.62 bits per heavy atom. The predicted molar refractivity (Wildman–Crippen MR) is 44.8 cm³/mol. The topological polar surface area (TPSA) is 81.5 Å². The van der Waals surface area contributed by atoms with Gasteiger partial charge in [0.25, 0.3) is 0 Å². The number of nitro groups is 1. The number of hydrogen-bond acceptors (Lipinski definition) is 4. The van der Waals surface area contributed by atoms with E-state index in [1.165, 1.54) is 12.3 Å². The third kappa shape index (κ3) is 1.98. The number of rotatable bonds is 2. The SMILES string of the molecule is N/N=C/c1ccc(F)c([N+](=O)[O-])c1. The second kappa shape index (κ2) is 3.61. The fourth-order valence-corrected chi connectivity index (χ4v) is 0.836. The van der Waals surface area contributed by atoms with E-state index < -0.39 is 16.4 Å². The van der Waals surface area contributed by atoms with Gasteiger partial charge in [0.1, 0.15) is 0 Å². The van der Waals surface area contributed by atoms with Crippen LogP contribution in [0.1, 0.15) is 5.56 Å². The van der Waals surface area contributed by atoms with Gasteiger partial charge in [-0.15, -0.1) is 0 Å². The molecule has 0 unspecified atom stereocenters. The Bertz CT molecular complexity index is 365. The van der Waals surface area contributed by atoms with Gasteiger partial charge in [0, 0.05) is 11.6 Å². The van der Waals surface area contributed by atoms with Gasteiger partial charge in [-0.25, -0.2) is 0 Å². The molecule has 0 fully saturated rings. The lowest BCUT2D eigenvalue weighted by molar-refractivity contribution is -0.387. The van der Waals surface area contributed by atoms with Crippen molar-refractivity contribution in [2.24, 2.45) is 10.9 Å². The minimum atomic E-state index is -0.876. The van der Waals surface area contributed by atoms with Crippen LogP contribution in [0, 0.1) is 15.9 Å². The van der Waals surface area contributed by atoms with Gasteiger partial charge in [-0.2, -0.15) is 9.49 Å². The van der Waals surface area contributed by atoms with Gasteiger partial charge in [0.05, 0.1) is 11.1 Å². The molecule has 0 saturated heterocycles. The fourth-order valence-electron chi connectivity index (χ4n) is 0.836. The average Bonchev–Trinajstić information content (AvgIpc) is 2.08. The number of nitro benzene ring substituents is 1. The summed E-state index contributed by atoms with van der Waals surface area (Å²) in [6.45, 7) is 0. The van der Waals surface area contributed by atoms with Crippen LogP contribution in [0.2, 0.25) is 0 Å². The molecule has 13 heavy (non-hydrogen) atoms. The average molecular weight is 183 g/mol. The summed E-state index contributed by atoms with van der Waals surface area (Å²) in [4.78, 5) is 9.47. The first-order valence-electron chi connectivity index (χ1n) is 3.32. The summed E-state index contributed by atoms with van der Waals surface area (Å²) in [6, 6.07) is 3.40. The van der Waals surface area contributed by atoms with Crippen LogP contribution in [0.15, 0.2) is 23.3 Å². The van der Waals surface area contributed by atoms with Crippen molar-refractivity contribution in [2.75, 3.05) is 0 Å². The Hall–Kier alpha value is -1.98. The largest absolute Gasteiger partial charge is 0.323 e. The molecule has 1 aromatic rings. The van der Waals surface area contributed by atoms with Crippen LogP contribution in [0.3, 0.4) is 0 Å². The highest BCUT2D eigenvalue weighted by Crippen LogP contribution is 2.17. The van der Waals surface area contributed by atoms with Crippen molar-refractivity contribution in [3.63, 3.8) is 0 Å².